The predicted octanol–water partition coefficient (Wildman–Crippen LogP) is 3.34. The highest BCUT2D eigenvalue weighted by atomic mass is 32.2. The first-order valence-electron chi connectivity index (χ1n) is 6.81. The molecule has 0 radical (unpaired) electrons. The number of hydrogen-bond acceptors (Lipinski definition) is 3. The number of nitrogens with zero attached hydrogens (tertiary/aromatic N) is 1. The quantitative estimate of drug-likeness (QED) is 0.821. The van der Waals surface area contributed by atoms with Gasteiger partial charge in [-0.15, -0.1) is 0 Å². The van der Waals surface area contributed by atoms with Crippen LogP contribution in [-0.4, -0.2) is 19.8 Å². The molecule has 0 fully saturated rings. The molecule has 0 N–H and O–H groups in total. The third-order valence-corrected chi connectivity index (χ3v) is 5.09. The first-order chi connectivity index (χ1) is 10.5. The lowest BCUT2D eigenvalue weighted by atomic mass is 10.2. The van der Waals surface area contributed by atoms with Gasteiger partial charge in [-0.3, -0.25) is 4.31 Å². The largest absolute Gasteiger partial charge is 0.497 e. The van der Waals surface area contributed by atoms with Gasteiger partial charge in [-0.2, -0.15) is 0 Å². The Balaban J connectivity index is 2.26. The van der Waals surface area contributed by atoms with Crippen molar-refractivity contribution in [1.29, 1.82) is 0 Å². The molecule has 0 spiro atoms. The highest BCUT2D eigenvalue weighted by Crippen LogP contribution is 2.20. The monoisotopic (exact) mass is 317 g/mol. The van der Waals surface area contributed by atoms with Crippen LogP contribution in [0.15, 0.2) is 66.2 Å². The van der Waals surface area contributed by atoms with Gasteiger partial charge in [0.15, 0.2) is 0 Å². The van der Waals surface area contributed by atoms with Crippen LogP contribution in [0.2, 0.25) is 0 Å². The van der Waals surface area contributed by atoms with Gasteiger partial charge in [0.2, 0.25) is 0 Å². The lowest BCUT2D eigenvalue weighted by Gasteiger charge is -2.20. The first-order valence-corrected chi connectivity index (χ1v) is 8.25. The van der Waals surface area contributed by atoms with Gasteiger partial charge in [0, 0.05) is 6.20 Å². The van der Waals surface area contributed by atoms with Crippen LogP contribution in [0, 0.1) is 6.92 Å². The normalized spacial score (nSPS) is 11.0. The maximum atomic E-state index is 12.6. The van der Waals surface area contributed by atoms with E-state index in [4.69, 9.17) is 4.74 Å². The fraction of sp³-hybridized carbons (Fsp3) is 0.176. The van der Waals surface area contributed by atoms with Crippen molar-refractivity contribution in [3.05, 3.63) is 72.4 Å². The van der Waals surface area contributed by atoms with Gasteiger partial charge >= 0.3 is 0 Å². The van der Waals surface area contributed by atoms with Crippen molar-refractivity contribution in [2.75, 3.05) is 7.11 Å². The van der Waals surface area contributed by atoms with Gasteiger partial charge < -0.3 is 4.74 Å². The standard InChI is InChI=1S/C17H19NO3S/c1-4-18(13-15-7-9-16(21-3)10-8-15)22(19,20)17-11-5-14(2)6-12-17/h4-12H,1,13H2,2-3H3. The average molecular weight is 317 g/mol. The molecule has 0 amide bonds. The van der Waals surface area contributed by atoms with Gasteiger partial charge in [0.05, 0.1) is 18.6 Å². The SMILES string of the molecule is C=CN(Cc1ccc(OC)cc1)S(=O)(=O)c1ccc(C)cc1. The van der Waals surface area contributed by atoms with Crippen LogP contribution in [0.3, 0.4) is 0 Å². The van der Waals surface area contributed by atoms with Crippen LogP contribution in [-0.2, 0) is 16.6 Å². The van der Waals surface area contributed by atoms with E-state index < -0.39 is 10.0 Å². The molecular weight excluding hydrogens is 298 g/mol. The maximum absolute atomic E-state index is 12.6. The Morgan fingerprint density at radius 2 is 1.68 bits per heavy atom. The second-order valence-electron chi connectivity index (χ2n) is 4.89. The van der Waals surface area contributed by atoms with Gasteiger partial charge in [-0.05, 0) is 36.8 Å². The second-order valence-corrected chi connectivity index (χ2v) is 6.78. The lowest BCUT2D eigenvalue weighted by molar-refractivity contribution is 0.414. The molecule has 4 nitrogen and oxygen atoms in total. The van der Waals surface area contributed by atoms with E-state index in [9.17, 15) is 8.42 Å². The zero-order valence-electron chi connectivity index (χ0n) is 12.7. The van der Waals surface area contributed by atoms with Gasteiger partial charge in [0.25, 0.3) is 10.0 Å². The summed E-state index contributed by atoms with van der Waals surface area (Å²) in [6.07, 6.45) is 1.33. The van der Waals surface area contributed by atoms with Crippen LogP contribution in [0.5, 0.6) is 5.75 Å². The number of benzene rings is 2. The maximum Gasteiger partial charge on any atom is 0.264 e. The molecule has 0 aliphatic heterocycles. The van der Waals surface area contributed by atoms with Crippen LogP contribution >= 0.6 is 0 Å². The van der Waals surface area contributed by atoms with Crippen molar-refractivity contribution in [2.24, 2.45) is 0 Å². The topological polar surface area (TPSA) is 46.6 Å². The minimum absolute atomic E-state index is 0.226. The fourth-order valence-electron chi connectivity index (χ4n) is 2.00. The van der Waals surface area contributed by atoms with E-state index in [1.54, 1.807) is 43.5 Å². The van der Waals surface area contributed by atoms with E-state index in [0.29, 0.717) is 0 Å². The summed E-state index contributed by atoms with van der Waals surface area (Å²) in [5.74, 6) is 0.732. The van der Waals surface area contributed by atoms with E-state index in [-0.39, 0.29) is 11.4 Å². The van der Waals surface area contributed by atoms with Crippen molar-refractivity contribution in [1.82, 2.24) is 4.31 Å². The number of rotatable bonds is 6. The number of aryl methyl sites for hydroxylation is 1. The Hall–Kier alpha value is -2.27. The third-order valence-electron chi connectivity index (χ3n) is 3.33. The Morgan fingerprint density at radius 3 is 2.18 bits per heavy atom. The van der Waals surface area contributed by atoms with Gasteiger partial charge in [0.1, 0.15) is 5.75 Å². The van der Waals surface area contributed by atoms with Crippen LogP contribution < -0.4 is 4.74 Å². The van der Waals surface area contributed by atoms with E-state index in [1.165, 1.54) is 10.5 Å². The highest BCUT2D eigenvalue weighted by molar-refractivity contribution is 7.89. The summed E-state index contributed by atoms with van der Waals surface area (Å²) in [5, 5.41) is 0. The molecule has 0 aliphatic rings. The zero-order chi connectivity index (χ0) is 16.2. The van der Waals surface area contributed by atoms with E-state index in [2.05, 4.69) is 6.58 Å². The van der Waals surface area contributed by atoms with Gasteiger partial charge in [-0.25, -0.2) is 8.42 Å². The minimum Gasteiger partial charge on any atom is -0.497 e. The summed E-state index contributed by atoms with van der Waals surface area (Å²) in [7, 11) is -2.01. The summed E-state index contributed by atoms with van der Waals surface area (Å²) in [6.45, 7) is 5.76. The molecule has 0 heterocycles. The van der Waals surface area contributed by atoms with Crippen molar-refractivity contribution >= 4 is 10.0 Å². The van der Waals surface area contributed by atoms with E-state index in [1.807, 2.05) is 19.1 Å². The fourth-order valence-corrected chi connectivity index (χ4v) is 3.27. The number of ether oxygens (including phenoxy) is 1. The van der Waals surface area contributed by atoms with E-state index >= 15 is 0 Å². The van der Waals surface area contributed by atoms with Gasteiger partial charge in [-0.1, -0.05) is 36.4 Å². The third kappa shape index (κ3) is 3.49. The first kappa shape index (κ1) is 16.1. The molecule has 2 aromatic rings. The highest BCUT2D eigenvalue weighted by Gasteiger charge is 2.21. The molecule has 0 aliphatic carbocycles. The molecule has 0 saturated carbocycles. The molecule has 2 rings (SSSR count). The molecule has 0 aromatic heterocycles. The second kappa shape index (κ2) is 6.66. The van der Waals surface area contributed by atoms with Crippen LogP contribution in [0.1, 0.15) is 11.1 Å². The van der Waals surface area contributed by atoms with Crippen molar-refractivity contribution in [2.45, 2.75) is 18.4 Å². The molecule has 0 atom stereocenters. The summed E-state index contributed by atoms with van der Waals surface area (Å²) in [5.41, 5.74) is 1.87. The smallest absolute Gasteiger partial charge is 0.264 e. The Kier molecular flexibility index (Phi) is 4.88. The van der Waals surface area contributed by atoms with Crippen molar-refractivity contribution < 1.29 is 13.2 Å². The summed E-state index contributed by atoms with van der Waals surface area (Å²) < 4.78 is 31.6. The molecule has 0 bridgehead atoms. The van der Waals surface area contributed by atoms with E-state index in [0.717, 1.165) is 16.9 Å². The molecule has 116 valence electrons. The summed E-state index contributed by atoms with van der Waals surface area (Å²) in [4.78, 5) is 0.256. The van der Waals surface area contributed by atoms with Crippen molar-refractivity contribution in [3.63, 3.8) is 0 Å². The molecule has 2 aromatic carbocycles. The molecule has 0 saturated heterocycles. The minimum atomic E-state index is -3.60. The number of sulfonamides is 1. The average Bonchev–Trinajstić information content (AvgIpc) is 2.53. The lowest BCUT2D eigenvalue weighted by Crippen LogP contribution is -2.25. The summed E-state index contributed by atoms with van der Waals surface area (Å²) in [6, 6.07) is 14.0. The zero-order valence-corrected chi connectivity index (χ0v) is 13.5. The number of methoxy groups -OCH3 is 1. The Morgan fingerprint density at radius 1 is 1.09 bits per heavy atom. The Labute approximate surface area is 131 Å². The van der Waals surface area contributed by atoms with Crippen LogP contribution in [0.4, 0.5) is 0 Å². The molecule has 22 heavy (non-hydrogen) atoms. The van der Waals surface area contributed by atoms with Crippen molar-refractivity contribution in [3.8, 4) is 5.75 Å². The van der Waals surface area contributed by atoms with Crippen LogP contribution in [0.25, 0.3) is 0 Å². The molecule has 0 unspecified atom stereocenters. The Bertz CT molecular complexity index is 734. The molecular formula is C17H19NO3S. The predicted molar refractivity (Wildman–Crippen MR) is 87.1 cm³/mol. The molecule has 5 heteroatoms. The summed E-state index contributed by atoms with van der Waals surface area (Å²) >= 11 is 0. The number of hydrogen-bond donors (Lipinski definition) is 0.